The average molecular weight is 676 g/mol. The lowest BCUT2D eigenvalue weighted by Crippen LogP contribution is -2.43. The molecule has 0 saturated carbocycles. The van der Waals surface area contributed by atoms with E-state index in [0.717, 1.165) is 0 Å². The van der Waals surface area contributed by atoms with Gasteiger partial charge < -0.3 is 25.0 Å². The molecule has 48 heavy (non-hydrogen) atoms. The van der Waals surface area contributed by atoms with E-state index in [-0.39, 0.29) is 17.5 Å². The minimum Gasteiger partial charge on any atom is -0.493 e. The molecule has 4 aromatic rings. The van der Waals surface area contributed by atoms with Crippen LogP contribution >= 0.6 is 0 Å². The normalized spacial score (nSPS) is 14.2. The second-order valence-corrected chi connectivity index (χ2v) is 11.6. The van der Waals surface area contributed by atoms with Gasteiger partial charge in [0, 0.05) is 30.1 Å². The van der Waals surface area contributed by atoms with Crippen LogP contribution in [0.4, 0.5) is 32.0 Å². The number of carbonyl (C=O) groups is 2. The van der Waals surface area contributed by atoms with Gasteiger partial charge in [0.15, 0.2) is 0 Å². The van der Waals surface area contributed by atoms with Crippen molar-refractivity contribution in [2.75, 3.05) is 11.9 Å². The average Bonchev–Trinajstić information content (AvgIpc) is 3.02. The molecule has 1 aromatic heterocycles. The van der Waals surface area contributed by atoms with Crippen LogP contribution in [0.15, 0.2) is 47.3 Å². The number of aliphatic carboxylic acids is 1. The molecule has 8 nitrogen and oxygen atoms in total. The van der Waals surface area contributed by atoms with Crippen molar-refractivity contribution < 1.29 is 45.8 Å². The first-order valence-electron chi connectivity index (χ1n) is 15.0. The first-order valence-corrected chi connectivity index (χ1v) is 15.0. The fourth-order valence-corrected chi connectivity index (χ4v) is 6.05. The third-order valence-electron chi connectivity index (χ3n) is 8.50. The van der Waals surface area contributed by atoms with Gasteiger partial charge in [-0.05, 0) is 73.2 Å². The van der Waals surface area contributed by atoms with Gasteiger partial charge in [0.25, 0.3) is 11.5 Å². The number of hydrogen-bond acceptors (Lipinski definition) is 5. The fraction of sp³-hybridized carbons (Fsp3) is 0.324. The van der Waals surface area contributed by atoms with Gasteiger partial charge in [-0.15, -0.1) is 0 Å². The third-order valence-corrected chi connectivity index (χ3v) is 8.50. The Morgan fingerprint density at radius 3 is 2.38 bits per heavy atom. The summed E-state index contributed by atoms with van der Waals surface area (Å²) in [5.41, 5.74) is 0.667. The van der Waals surface area contributed by atoms with Crippen LogP contribution in [0.1, 0.15) is 46.8 Å². The van der Waals surface area contributed by atoms with Crippen LogP contribution < -0.4 is 20.9 Å². The first-order chi connectivity index (χ1) is 22.6. The lowest BCUT2D eigenvalue weighted by Gasteiger charge is -2.26. The van der Waals surface area contributed by atoms with Gasteiger partial charge in [0.05, 0.1) is 17.7 Å². The summed E-state index contributed by atoms with van der Waals surface area (Å²) < 4.78 is 90.8. The van der Waals surface area contributed by atoms with E-state index in [1.54, 1.807) is 26.1 Å². The summed E-state index contributed by atoms with van der Waals surface area (Å²) in [5.74, 6) is -6.07. The van der Waals surface area contributed by atoms with Crippen molar-refractivity contribution in [1.82, 2.24) is 9.88 Å². The number of amides is 1. The summed E-state index contributed by atoms with van der Waals surface area (Å²) in [4.78, 5) is 38.8. The van der Waals surface area contributed by atoms with E-state index in [1.165, 1.54) is 29.7 Å². The van der Waals surface area contributed by atoms with E-state index in [4.69, 9.17) is 4.74 Å². The summed E-state index contributed by atoms with van der Waals surface area (Å²) in [7, 11) is 1.56. The summed E-state index contributed by atoms with van der Waals surface area (Å²) in [6, 6.07) is 4.53. The molecule has 0 radical (unpaired) electrons. The zero-order chi connectivity index (χ0) is 35.1. The van der Waals surface area contributed by atoms with E-state index in [0.29, 0.717) is 70.5 Å². The number of benzene rings is 3. The monoisotopic (exact) mass is 675 g/mol. The minimum atomic E-state index is -4.70. The van der Waals surface area contributed by atoms with Gasteiger partial charge in [0.2, 0.25) is 0 Å². The maximum absolute atomic E-state index is 14.9. The number of anilines is 1. The van der Waals surface area contributed by atoms with Crippen LogP contribution in [0.5, 0.6) is 5.75 Å². The number of halogens is 6. The van der Waals surface area contributed by atoms with E-state index in [9.17, 15) is 45.8 Å². The maximum atomic E-state index is 14.9. The molecule has 1 aliphatic rings. The molecule has 0 aliphatic carbocycles. The smallest absolute Gasteiger partial charge is 0.408 e. The molecule has 0 fully saturated rings. The first kappa shape index (κ1) is 34.3. The molecule has 3 N–H and O–H groups in total. The van der Waals surface area contributed by atoms with Crippen LogP contribution in [0.25, 0.3) is 22.0 Å². The highest BCUT2D eigenvalue weighted by molar-refractivity contribution is 5.97. The molecular formula is C34H31F6N3O5. The topological polar surface area (TPSA) is 110 Å². The van der Waals surface area contributed by atoms with Gasteiger partial charge >= 0.3 is 12.1 Å². The van der Waals surface area contributed by atoms with Crippen LogP contribution in [0.2, 0.25) is 0 Å². The molecule has 2 heterocycles. The summed E-state index contributed by atoms with van der Waals surface area (Å²) in [6.45, 7) is 3.22. The minimum absolute atomic E-state index is 0.271. The molecule has 0 saturated heterocycles. The second-order valence-electron chi connectivity index (χ2n) is 11.6. The quantitative estimate of drug-likeness (QED) is 0.177. The molecular weight excluding hydrogens is 644 g/mol. The van der Waals surface area contributed by atoms with Gasteiger partial charge in [-0.2, -0.15) is 13.2 Å². The van der Waals surface area contributed by atoms with Crippen molar-refractivity contribution in [3.63, 3.8) is 0 Å². The SMILES string of the molecule is CC[C@@H](Nc1cc(F)c(C(=O)N[C@@H](Cc2ccc(-c3c(C)c4cc(F)ccc4n(C)c3=O)c3c2CCCO3)C(=O)O)c(F)c1)C(F)(F)F. The molecule has 5 rings (SSSR count). The molecule has 3 aromatic carbocycles. The molecule has 254 valence electrons. The molecule has 14 heteroatoms. The fourth-order valence-electron chi connectivity index (χ4n) is 6.05. The number of ether oxygens (including phenoxy) is 1. The largest absolute Gasteiger partial charge is 0.493 e. The molecule has 1 amide bonds. The van der Waals surface area contributed by atoms with Crippen LogP contribution in [-0.2, 0) is 24.7 Å². The number of aryl methyl sites for hydroxylation is 2. The number of nitrogens with zero attached hydrogens (tertiary/aromatic N) is 1. The molecule has 0 bridgehead atoms. The second kappa shape index (κ2) is 13.2. The lowest BCUT2D eigenvalue weighted by atomic mass is 9.89. The van der Waals surface area contributed by atoms with Gasteiger partial charge in [-0.1, -0.05) is 19.1 Å². The third kappa shape index (κ3) is 6.56. The van der Waals surface area contributed by atoms with Gasteiger partial charge in [-0.25, -0.2) is 18.0 Å². The Labute approximate surface area is 270 Å². The summed E-state index contributed by atoms with van der Waals surface area (Å²) in [6.07, 6.45) is -4.48. The number of fused-ring (bicyclic) bond motifs is 2. The molecule has 1 aliphatic heterocycles. The van der Waals surface area contributed by atoms with Crippen molar-refractivity contribution in [1.29, 1.82) is 0 Å². The number of carboxylic acids is 1. The van der Waals surface area contributed by atoms with E-state index in [1.807, 2.05) is 5.32 Å². The zero-order valence-electron chi connectivity index (χ0n) is 26.0. The van der Waals surface area contributed by atoms with E-state index < -0.39 is 65.3 Å². The number of carboxylic acid groups (broad SMARTS) is 1. The van der Waals surface area contributed by atoms with Crippen LogP contribution in [0.3, 0.4) is 0 Å². The number of pyridine rings is 1. The lowest BCUT2D eigenvalue weighted by molar-refractivity contribution is -0.143. The van der Waals surface area contributed by atoms with Crippen LogP contribution in [-0.4, -0.2) is 46.4 Å². The number of carbonyl (C=O) groups excluding carboxylic acids is 1. The number of hydrogen-bond donors (Lipinski definition) is 3. The zero-order valence-corrected chi connectivity index (χ0v) is 26.0. The number of alkyl halides is 3. The van der Waals surface area contributed by atoms with Crippen LogP contribution in [0, 0.1) is 24.4 Å². The Morgan fingerprint density at radius 2 is 1.75 bits per heavy atom. The Morgan fingerprint density at radius 1 is 1.06 bits per heavy atom. The Kier molecular flexibility index (Phi) is 9.47. The van der Waals surface area contributed by atoms with Gasteiger partial charge in [-0.3, -0.25) is 9.59 Å². The molecule has 0 unspecified atom stereocenters. The van der Waals surface area contributed by atoms with Crippen molar-refractivity contribution in [2.45, 2.75) is 57.8 Å². The number of nitrogens with one attached hydrogen (secondary N) is 2. The standard InChI is InChI=1S/C34H31F6N3O5/c1-4-27(34(38,39)40)41-19-14-23(36)29(24(37)15-19)31(44)42-25(33(46)47)12-17-7-9-21(30-20(17)6-5-11-48-30)28-16(2)22-13-18(35)8-10-26(22)43(3)32(28)45/h7-10,13-15,25,27,41H,4-6,11-12H2,1-3H3,(H,42,44)(H,46,47)/t25-,27+/m0/s1. The highest BCUT2D eigenvalue weighted by Crippen LogP contribution is 2.40. The predicted molar refractivity (Wildman–Crippen MR) is 166 cm³/mol. The van der Waals surface area contributed by atoms with Crippen molar-refractivity contribution in [3.05, 3.63) is 92.5 Å². The highest BCUT2D eigenvalue weighted by Gasteiger charge is 2.38. The van der Waals surface area contributed by atoms with Gasteiger partial charge in [0.1, 0.15) is 40.8 Å². The summed E-state index contributed by atoms with van der Waals surface area (Å²) >= 11 is 0. The Balaban J connectivity index is 1.47. The predicted octanol–water partition coefficient (Wildman–Crippen LogP) is 6.43. The van der Waals surface area contributed by atoms with E-state index >= 15 is 0 Å². The maximum Gasteiger partial charge on any atom is 0.408 e. The van der Waals surface area contributed by atoms with E-state index in [2.05, 4.69) is 5.32 Å². The number of aromatic nitrogens is 1. The Hall–Kier alpha value is -5.01. The Bertz CT molecular complexity index is 1970. The number of rotatable bonds is 9. The summed E-state index contributed by atoms with van der Waals surface area (Å²) in [5, 5.41) is 14.6. The highest BCUT2D eigenvalue weighted by atomic mass is 19.4. The van der Waals surface area contributed by atoms with Crippen molar-refractivity contribution in [3.8, 4) is 16.9 Å². The van der Waals surface area contributed by atoms with Crippen molar-refractivity contribution >= 4 is 28.5 Å². The molecule has 0 spiro atoms. The molecule has 2 atom stereocenters. The van der Waals surface area contributed by atoms with Crippen molar-refractivity contribution in [2.24, 2.45) is 7.05 Å².